The highest BCUT2D eigenvalue weighted by Gasteiger charge is 2.31. The summed E-state index contributed by atoms with van der Waals surface area (Å²) in [7, 11) is 0. The molecule has 0 radical (unpaired) electrons. The van der Waals surface area contributed by atoms with Gasteiger partial charge in [0, 0.05) is 6.20 Å². The highest BCUT2D eigenvalue weighted by Crippen LogP contribution is 2.29. The fourth-order valence-corrected chi connectivity index (χ4v) is 1.07. The van der Waals surface area contributed by atoms with Crippen LogP contribution in [-0.4, -0.2) is 27.2 Å². The third-order valence-corrected chi connectivity index (χ3v) is 2.01. The van der Waals surface area contributed by atoms with Crippen molar-refractivity contribution in [3.63, 3.8) is 0 Å². The number of aliphatic hydroxyl groups excluding tert-OH is 2. The van der Waals surface area contributed by atoms with Crippen LogP contribution in [0.4, 0.5) is 13.2 Å². The van der Waals surface area contributed by atoms with Crippen molar-refractivity contribution in [2.24, 2.45) is 5.73 Å². The van der Waals surface area contributed by atoms with Crippen LogP contribution in [0.5, 0.6) is 0 Å². The lowest BCUT2D eigenvalue weighted by Gasteiger charge is -2.14. The van der Waals surface area contributed by atoms with Gasteiger partial charge in [-0.25, -0.2) is 0 Å². The Morgan fingerprint density at radius 3 is 2.29 bits per heavy atom. The van der Waals surface area contributed by atoms with E-state index in [2.05, 4.69) is 4.98 Å². The normalized spacial score (nSPS) is 15.4. The Balaban J connectivity index is 2.92. The van der Waals surface area contributed by atoms with Gasteiger partial charge in [0.05, 0.1) is 11.3 Å². The van der Waals surface area contributed by atoms with Gasteiger partial charge in [-0.05, 0) is 12.1 Å². The number of aromatic nitrogens is 1. The lowest BCUT2D eigenvalue weighted by molar-refractivity contribution is -0.138. The number of alkyl halides is 3. The van der Waals surface area contributed by atoms with Crippen molar-refractivity contribution in [2.45, 2.75) is 18.4 Å². The number of carbonyl (C=O) groups excluding carboxylic acids is 1. The van der Waals surface area contributed by atoms with E-state index >= 15 is 0 Å². The van der Waals surface area contributed by atoms with Crippen molar-refractivity contribution in [3.8, 4) is 0 Å². The predicted molar refractivity (Wildman–Crippen MR) is 49.4 cm³/mol. The number of pyridine rings is 1. The molecule has 0 aliphatic carbocycles. The number of rotatable bonds is 3. The quantitative estimate of drug-likeness (QED) is 0.702. The van der Waals surface area contributed by atoms with Crippen LogP contribution in [0.1, 0.15) is 17.4 Å². The number of carbonyl (C=O) groups is 1. The van der Waals surface area contributed by atoms with E-state index in [1.807, 2.05) is 0 Å². The molecule has 2 atom stereocenters. The molecule has 5 nitrogen and oxygen atoms in total. The number of hydrogen-bond donors (Lipinski definition) is 3. The van der Waals surface area contributed by atoms with Gasteiger partial charge in [0.1, 0.15) is 6.10 Å². The van der Waals surface area contributed by atoms with Crippen molar-refractivity contribution in [3.05, 3.63) is 29.6 Å². The minimum Gasteiger partial charge on any atom is -0.384 e. The van der Waals surface area contributed by atoms with E-state index in [1.165, 1.54) is 0 Å². The molecule has 0 aromatic carbocycles. The summed E-state index contributed by atoms with van der Waals surface area (Å²) in [5.74, 6) is -1.20. The first kappa shape index (κ1) is 13.4. The summed E-state index contributed by atoms with van der Waals surface area (Å²) >= 11 is 0. The smallest absolute Gasteiger partial charge is 0.384 e. The fraction of sp³-hybridized carbons (Fsp3) is 0.333. The topological polar surface area (TPSA) is 96.4 Å². The van der Waals surface area contributed by atoms with Crippen molar-refractivity contribution in [1.82, 2.24) is 4.98 Å². The van der Waals surface area contributed by atoms with Crippen molar-refractivity contribution in [2.75, 3.05) is 0 Å². The summed E-state index contributed by atoms with van der Waals surface area (Å²) in [4.78, 5) is 13.9. The highest BCUT2D eigenvalue weighted by molar-refractivity contribution is 5.79. The fourth-order valence-electron chi connectivity index (χ4n) is 1.07. The summed E-state index contributed by atoms with van der Waals surface area (Å²) in [6, 6.07) is 1.54. The van der Waals surface area contributed by atoms with E-state index in [1.54, 1.807) is 0 Å². The SMILES string of the molecule is NC(=O)C(O)C(O)c1ccc(C(F)(F)F)cn1. The number of halogens is 3. The van der Waals surface area contributed by atoms with Crippen LogP contribution in [0, 0.1) is 0 Å². The minimum atomic E-state index is -4.54. The molecule has 0 aliphatic rings. The molecule has 1 amide bonds. The van der Waals surface area contributed by atoms with E-state index in [9.17, 15) is 23.1 Å². The van der Waals surface area contributed by atoms with Crippen LogP contribution in [0.2, 0.25) is 0 Å². The molecule has 1 aromatic heterocycles. The summed E-state index contributed by atoms with van der Waals surface area (Å²) in [6.07, 6.45) is -7.72. The Morgan fingerprint density at radius 2 is 1.94 bits per heavy atom. The average Bonchev–Trinajstić information content (AvgIpc) is 2.26. The Bertz CT molecular complexity index is 405. The van der Waals surface area contributed by atoms with Gasteiger partial charge >= 0.3 is 6.18 Å². The van der Waals surface area contributed by atoms with Gasteiger partial charge in [0.15, 0.2) is 6.10 Å². The second kappa shape index (κ2) is 4.68. The molecule has 2 unspecified atom stereocenters. The molecule has 0 aliphatic heterocycles. The molecule has 0 saturated heterocycles. The number of nitrogens with zero attached hydrogens (tertiary/aromatic N) is 1. The number of amides is 1. The van der Waals surface area contributed by atoms with Crippen LogP contribution in [0.15, 0.2) is 18.3 Å². The minimum absolute atomic E-state index is 0.274. The Morgan fingerprint density at radius 1 is 1.35 bits per heavy atom. The van der Waals surface area contributed by atoms with Gasteiger partial charge in [-0.3, -0.25) is 9.78 Å². The summed E-state index contributed by atoms with van der Waals surface area (Å²) in [5.41, 5.74) is 3.44. The first-order valence-corrected chi connectivity index (χ1v) is 4.42. The lowest BCUT2D eigenvalue weighted by atomic mass is 10.1. The molecule has 1 heterocycles. The van der Waals surface area contributed by atoms with Crippen molar-refractivity contribution in [1.29, 1.82) is 0 Å². The maximum atomic E-state index is 12.2. The molecule has 0 bridgehead atoms. The molecule has 94 valence electrons. The molecule has 0 fully saturated rings. The lowest BCUT2D eigenvalue weighted by Crippen LogP contribution is -2.34. The van der Waals surface area contributed by atoms with E-state index < -0.39 is 29.9 Å². The number of aliphatic hydroxyl groups is 2. The largest absolute Gasteiger partial charge is 0.417 e. The summed E-state index contributed by atoms with van der Waals surface area (Å²) < 4.78 is 36.5. The molecular formula is C9H9F3N2O3. The monoisotopic (exact) mass is 250 g/mol. The maximum Gasteiger partial charge on any atom is 0.417 e. The van der Waals surface area contributed by atoms with Crippen LogP contribution >= 0.6 is 0 Å². The first-order chi connectivity index (χ1) is 7.73. The number of hydrogen-bond acceptors (Lipinski definition) is 4. The molecule has 4 N–H and O–H groups in total. The standard InChI is InChI=1S/C9H9F3N2O3/c10-9(11,12)4-1-2-5(14-3-4)6(15)7(16)8(13)17/h1-3,6-7,15-16H,(H2,13,17). The van der Waals surface area contributed by atoms with Gasteiger partial charge in [0.25, 0.3) is 0 Å². The summed E-state index contributed by atoms with van der Waals surface area (Å²) in [5, 5.41) is 18.4. The van der Waals surface area contributed by atoms with Crippen molar-refractivity contribution >= 4 is 5.91 Å². The van der Waals surface area contributed by atoms with E-state index in [0.717, 1.165) is 6.07 Å². The summed E-state index contributed by atoms with van der Waals surface area (Å²) in [6.45, 7) is 0. The van der Waals surface area contributed by atoms with E-state index in [4.69, 9.17) is 10.8 Å². The number of primary amides is 1. The van der Waals surface area contributed by atoms with Gasteiger partial charge in [-0.1, -0.05) is 0 Å². The van der Waals surface area contributed by atoms with Gasteiger partial charge in [-0.2, -0.15) is 13.2 Å². The Hall–Kier alpha value is -1.67. The molecule has 1 aromatic rings. The first-order valence-electron chi connectivity index (χ1n) is 4.42. The molecular weight excluding hydrogens is 241 g/mol. The van der Waals surface area contributed by atoms with Crippen LogP contribution < -0.4 is 5.73 Å². The average molecular weight is 250 g/mol. The van der Waals surface area contributed by atoms with E-state index in [-0.39, 0.29) is 5.69 Å². The van der Waals surface area contributed by atoms with Crippen LogP contribution in [0.3, 0.4) is 0 Å². The third-order valence-electron chi connectivity index (χ3n) is 2.01. The second-order valence-electron chi connectivity index (χ2n) is 3.26. The van der Waals surface area contributed by atoms with Crippen molar-refractivity contribution < 1.29 is 28.2 Å². The second-order valence-corrected chi connectivity index (χ2v) is 3.26. The van der Waals surface area contributed by atoms with Gasteiger partial charge < -0.3 is 15.9 Å². The molecule has 8 heteroatoms. The molecule has 0 spiro atoms. The van der Waals surface area contributed by atoms with E-state index in [0.29, 0.717) is 12.3 Å². The molecule has 0 saturated carbocycles. The predicted octanol–water partition coefficient (Wildman–Crippen LogP) is -0.0200. The van der Waals surface area contributed by atoms with Crippen LogP contribution in [0.25, 0.3) is 0 Å². The zero-order valence-electron chi connectivity index (χ0n) is 8.35. The van der Waals surface area contributed by atoms with Gasteiger partial charge in [0.2, 0.25) is 5.91 Å². The third kappa shape index (κ3) is 3.14. The molecule has 1 rings (SSSR count). The molecule has 17 heavy (non-hydrogen) atoms. The highest BCUT2D eigenvalue weighted by atomic mass is 19.4. The van der Waals surface area contributed by atoms with Gasteiger partial charge in [-0.15, -0.1) is 0 Å². The Labute approximate surface area is 93.7 Å². The zero-order valence-corrected chi connectivity index (χ0v) is 8.35. The zero-order chi connectivity index (χ0) is 13.2. The number of nitrogens with two attached hydrogens (primary N) is 1. The van der Waals surface area contributed by atoms with Crippen LogP contribution in [-0.2, 0) is 11.0 Å². The Kier molecular flexibility index (Phi) is 3.69. The maximum absolute atomic E-state index is 12.2.